The molecule has 1 atom stereocenters. The standard InChI is InChI=1S/C19H21NO4/c1-3-12-11-16-15(19(22)23)9-10-20(16)17(12)18(21)13-5-7-14(8-6-13)24-4-2/h5-8,11,15H,3-4,9-10H2,1-2H3,(H,22,23). The highest BCUT2D eigenvalue weighted by Gasteiger charge is 2.33. The third-order valence-corrected chi connectivity index (χ3v) is 4.53. The number of carbonyl (C=O) groups excluding carboxylic acids is 1. The van der Waals surface area contributed by atoms with Gasteiger partial charge < -0.3 is 14.4 Å². The zero-order valence-corrected chi connectivity index (χ0v) is 13.9. The maximum Gasteiger partial charge on any atom is 0.312 e. The Balaban J connectivity index is 1.98. The first-order valence-electron chi connectivity index (χ1n) is 8.29. The SMILES string of the molecule is CCOc1ccc(C(=O)c2c(CC)cc3n2CCC3C(=O)O)cc1. The second kappa shape index (κ2) is 6.51. The largest absolute Gasteiger partial charge is 0.494 e. The van der Waals surface area contributed by atoms with Crippen LogP contribution in [0.4, 0.5) is 0 Å². The van der Waals surface area contributed by atoms with Gasteiger partial charge in [-0.05, 0) is 55.7 Å². The smallest absolute Gasteiger partial charge is 0.312 e. The summed E-state index contributed by atoms with van der Waals surface area (Å²) < 4.78 is 7.29. The molecule has 0 radical (unpaired) electrons. The van der Waals surface area contributed by atoms with Gasteiger partial charge in [-0.15, -0.1) is 0 Å². The normalized spacial score (nSPS) is 16.0. The number of benzene rings is 1. The number of nitrogens with zero attached hydrogens (tertiary/aromatic N) is 1. The van der Waals surface area contributed by atoms with E-state index in [9.17, 15) is 14.7 Å². The Labute approximate surface area is 140 Å². The lowest BCUT2D eigenvalue weighted by atomic mass is 10.0. The molecule has 1 aliphatic rings. The van der Waals surface area contributed by atoms with E-state index >= 15 is 0 Å². The van der Waals surface area contributed by atoms with Crippen LogP contribution in [0, 0.1) is 0 Å². The molecule has 5 nitrogen and oxygen atoms in total. The van der Waals surface area contributed by atoms with Crippen molar-refractivity contribution >= 4 is 11.8 Å². The van der Waals surface area contributed by atoms with Gasteiger partial charge >= 0.3 is 5.97 Å². The maximum absolute atomic E-state index is 13.0. The summed E-state index contributed by atoms with van der Waals surface area (Å²) in [7, 11) is 0. The van der Waals surface area contributed by atoms with Gasteiger partial charge in [-0.25, -0.2) is 0 Å². The molecule has 5 heteroatoms. The molecule has 0 amide bonds. The number of carboxylic acids is 1. The van der Waals surface area contributed by atoms with Crippen LogP contribution < -0.4 is 4.74 Å². The molecule has 0 saturated carbocycles. The number of aryl methyl sites for hydroxylation is 1. The van der Waals surface area contributed by atoms with Crippen LogP contribution >= 0.6 is 0 Å². The number of fused-ring (bicyclic) bond motifs is 1. The van der Waals surface area contributed by atoms with Gasteiger partial charge in [0.15, 0.2) is 0 Å². The van der Waals surface area contributed by atoms with Crippen LogP contribution in [0.1, 0.15) is 53.5 Å². The first-order chi connectivity index (χ1) is 11.6. The van der Waals surface area contributed by atoms with Crippen molar-refractivity contribution < 1.29 is 19.4 Å². The molecule has 1 N–H and O–H groups in total. The third kappa shape index (κ3) is 2.70. The summed E-state index contributed by atoms with van der Waals surface area (Å²) in [6.45, 7) is 5.05. The van der Waals surface area contributed by atoms with Crippen molar-refractivity contribution in [2.24, 2.45) is 0 Å². The van der Waals surface area contributed by atoms with Crippen molar-refractivity contribution in [3.8, 4) is 5.75 Å². The molecule has 0 fully saturated rings. The van der Waals surface area contributed by atoms with E-state index < -0.39 is 11.9 Å². The minimum Gasteiger partial charge on any atom is -0.494 e. The zero-order chi connectivity index (χ0) is 17.3. The highest BCUT2D eigenvalue weighted by molar-refractivity contribution is 6.09. The molecule has 126 valence electrons. The van der Waals surface area contributed by atoms with E-state index in [4.69, 9.17) is 4.74 Å². The first kappa shape index (κ1) is 16.3. The Hall–Kier alpha value is -2.56. The highest BCUT2D eigenvalue weighted by atomic mass is 16.5. The summed E-state index contributed by atoms with van der Waals surface area (Å²) in [5.74, 6) is -0.672. The fourth-order valence-corrected chi connectivity index (χ4v) is 3.36. The number of ether oxygens (including phenoxy) is 1. The van der Waals surface area contributed by atoms with E-state index in [1.807, 2.05) is 24.5 Å². The van der Waals surface area contributed by atoms with Crippen molar-refractivity contribution in [2.75, 3.05) is 6.61 Å². The van der Waals surface area contributed by atoms with E-state index in [0.29, 0.717) is 37.3 Å². The Bertz CT molecular complexity index is 773. The van der Waals surface area contributed by atoms with Gasteiger partial charge in [0.2, 0.25) is 5.78 Å². The fourth-order valence-electron chi connectivity index (χ4n) is 3.36. The van der Waals surface area contributed by atoms with Crippen molar-refractivity contribution in [3.05, 3.63) is 52.8 Å². The lowest BCUT2D eigenvalue weighted by molar-refractivity contribution is -0.138. The molecule has 2 heterocycles. The Morgan fingerprint density at radius 3 is 2.54 bits per heavy atom. The Morgan fingerprint density at radius 2 is 1.96 bits per heavy atom. The minimum atomic E-state index is -0.825. The van der Waals surface area contributed by atoms with Gasteiger partial charge in [-0.1, -0.05) is 6.92 Å². The lowest BCUT2D eigenvalue weighted by Crippen LogP contribution is -2.11. The molecular weight excluding hydrogens is 306 g/mol. The minimum absolute atomic E-state index is 0.0628. The van der Waals surface area contributed by atoms with Crippen LogP contribution in [-0.4, -0.2) is 28.0 Å². The Kier molecular flexibility index (Phi) is 4.42. The quantitative estimate of drug-likeness (QED) is 0.827. The number of ketones is 1. The van der Waals surface area contributed by atoms with Crippen molar-refractivity contribution in [2.45, 2.75) is 39.2 Å². The van der Waals surface area contributed by atoms with Crippen LogP contribution in [-0.2, 0) is 17.8 Å². The highest BCUT2D eigenvalue weighted by Crippen LogP contribution is 2.34. The third-order valence-electron chi connectivity index (χ3n) is 4.53. The van der Waals surface area contributed by atoms with E-state index in [0.717, 1.165) is 17.0 Å². The van der Waals surface area contributed by atoms with Crippen LogP contribution in [0.2, 0.25) is 0 Å². The van der Waals surface area contributed by atoms with Crippen molar-refractivity contribution in [1.29, 1.82) is 0 Å². The molecule has 0 aliphatic carbocycles. The average molecular weight is 327 g/mol. The van der Waals surface area contributed by atoms with Gasteiger partial charge in [0, 0.05) is 17.8 Å². The monoisotopic (exact) mass is 327 g/mol. The molecular formula is C19H21NO4. The van der Waals surface area contributed by atoms with Crippen molar-refractivity contribution in [1.82, 2.24) is 4.57 Å². The van der Waals surface area contributed by atoms with Crippen molar-refractivity contribution in [3.63, 3.8) is 0 Å². The van der Waals surface area contributed by atoms with Crippen LogP contribution in [0.25, 0.3) is 0 Å². The molecule has 0 spiro atoms. The summed E-state index contributed by atoms with van der Waals surface area (Å²) >= 11 is 0. The number of carbonyl (C=O) groups is 2. The van der Waals surface area contributed by atoms with Gasteiger partial charge in [0.05, 0.1) is 18.2 Å². The first-order valence-corrected chi connectivity index (χ1v) is 8.29. The average Bonchev–Trinajstić information content (AvgIpc) is 3.13. The number of hydrogen-bond acceptors (Lipinski definition) is 3. The van der Waals surface area contributed by atoms with E-state index in [1.165, 1.54) is 0 Å². The molecule has 1 aromatic heterocycles. The second-order valence-electron chi connectivity index (χ2n) is 5.91. The maximum atomic E-state index is 13.0. The molecule has 2 aromatic rings. The zero-order valence-electron chi connectivity index (χ0n) is 13.9. The number of aromatic nitrogens is 1. The molecule has 1 unspecified atom stereocenters. The molecule has 0 bridgehead atoms. The number of carboxylic acid groups (broad SMARTS) is 1. The fraction of sp³-hybridized carbons (Fsp3) is 0.368. The van der Waals surface area contributed by atoms with Crippen LogP contribution in [0.5, 0.6) is 5.75 Å². The van der Waals surface area contributed by atoms with E-state index in [2.05, 4.69) is 0 Å². The predicted octanol–water partition coefficient (Wildman–Crippen LogP) is 3.25. The van der Waals surface area contributed by atoms with E-state index in [-0.39, 0.29) is 5.78 Å². The molecule has 3 rings (SSSR count). The van der Waals surface area contributed by atoms with Gasteiger partial charge in [0.25, 0.3) is 0 Å². The molecule has 1 aliphatic heterocycles. The van der Waals surface area contributed by atoms with Gasteiger partial charge in [-0.3, -0.25) is 9.59 Å². The number of hydrogen-bond donors (Lipinski definition) is 1. The number of aliphatic carboxylic acids is 1. The summed E-state index contributed by atoms with van der Waals surface area (Å²) in [5, 5.41) is 9.36. The number of rotatable bonds is 6. The summed E-state index contributed by atoms with van der Waals surface area (Å²) in [6, 6.07) is 8.98. The molecule has 1 aromatic carbocycles. The summed E-state index contributed by atoms with van der Waals surface area (Å²) in [6.07, 6.45) is 1.24. The van der Waals surface area contributed by atoms with Crippen LogP contribution in [0.15, 0.2) is 30.3 Å². The molecule has 24 heavy (non-hydrogen) atoms. The topological polar surface area (TPSA) is 68.5 Å². The lowest BCUT2D eigenvalue weighted by Gasteiger charge is -2.09. The van der Waals surface area contributed by atoms with E-state index in [1.54, 1.807) is 24.3 Å². The predicted molar refractivity (Wildman–Crippen MR) is 89.8 cm³/mol. The summed E-state index contributed by atoms with van der Waals surface area (Å²) in [4.78, 5) is 24.4. The Morgan fingerprint density at radius 1 is 1.25 bits per heavy atom. The van der Waals surface area contributed by atoms with Gasteiger partial charge in [0.1, 0.15) is 5.75 Å². The second-order valence-corrected chi connectivity index (χ2v) is 5.91. The molecule has 0 saturated heterocycles. The summed E-state index contributed by atoms with van der Waals surface area (Å²) in [5.41, 5.74) is 2.87. The van der Waals surface area contributed by atoms with Crippen LogP contribution in [0.3, 0.4) is 0 Å². The van der Waals surface area contributed by atoms with Gasteiger partial charge in [-0.2, -0.15) is 0 Å².